The Morgan fingerprint density at radius 3 is 2.26 bits per heavy atom. The number of aliphatic carboxylic acids is 1. The summed E-state index contributed by atoms with van der Waals surface area (Å²) in [6.45, 7) is -0.0354. The predicted octanol–water partition coefficient (Wildman–Crippen LogP) is 0.447. The van der Waals surface area contributed by atoms with Crippen LogP contribution in [0.25, 0.3) is 5.57 Å². The second-order valence-corrected chi connectivity index (χ2v) is 6.71. The first kappa shape index (κ1) is 24.8. The third-order valence-corrected chi connectivity index (χ3v) is 4.46. The zero-order valence-corrected chi connectivity index (χ0v) is 19.1. The quantitative estimate of drug-likeness (QED) is 0.526. The van der Waals surface area contributed by atoms with Gasteiger partial charge in [0.05, 0.1) is 5.97 Å². The number of nitrogens with two attached hydrogens (primary N) is 1. The van der Waals surface area contributed by atoms with Gasteiger partial charge in [0.1, 0.15) is 24.0 Å². The van der Waals surface area contributed by atoms with E-state index in [0.29, 0.717) is 16.9 Å². The Labute approximate surface area is 201 Å². The van der Waals surface area contributed by atoms with Crippen LogP contribution < -0.4 is 45.1 Å². The fourth-order valence-corrected chi connectivity index (χ4v) is 3.01. The molecule has 4 nitrogen and oxygen atoms in total. The van der Waals surface area contributed by atoms with Gasteiger partial charge in [0, 0.05) is 17.7 Å². The topological polar surface area (TPSA) is 75.4 Å². The largest absolute Gasteiger partial charge is 1.00 e. The van der Waals surface area contributed by atoms with Crippen molar-refractivity contribution in [3.63, 3.8) is 0 Å². The van der Waals surface area contributed by atoms with E-state index in [1.165, 1.54) is 12.1 Å². The van der Waals surface area contributed by atoms with Gasteiger partial charge in [-0.25, -0.2) is 8.78 Å². The number of halogens is 2. The van der Waals surface area contributed by atoms with Crippen molar-refractivity contribution in [1.29, 1.82) is 0 Å². The van der Waals surface area contributed by atoms with Crippen LogP contribution in [0, 0.1) is 11.6 Å². The van der Waals surface area contributed by atoms with Crippen LogP contribution in [-0.4, -0.2) is 12.0 Å². The normalized spacial score (nSPS) is 12.0. The molecule has 0 spiro atoms. The first-order valence-electron chi connectivity index (χ1n) is 9.33. The maximum Gasteiger partial charge on any atom is 1.00 e. The van der Waals surface area contributed by atoms with Crippen LogP contribution in [0.2, 0.25) is 0 Å². The number of carbonyl (C=O) groups is 1. The number of carboxylic acid groups (broad SMARTS) is 1. The molecule has 0 aliphatic rings. The fraction of sp³-hybridized carbons (Fsp3) is 0.125. The Kier molecular flexibility index (Phi) is 9.40. The Morgan fingerprint density at radius 1 is 1.00 bits per heavy atom. The summed E-state index contributed by atoms with van der Waals surface area (Å²) >= 11 is 0. The van der Waals surface area contributed by atoms with Gasteiger partial charge in [-0.1, -0.05) is 54.6 Å². The van der Waals surface area contributed by atoms with Crippen LogP contribution in [0.4, 0.5) is 8.78 Å². The molecule has 3 aromatic rings. The second-order valence-electron chi connectivity index (χ2n) is 6.71. The van der Waals surface area contributed by atoms with Gasteiger partial charge < -0.3 is 20.4 Å². The van der Waals surface area contributed by atoms with Gasteiger partial charge in [-0.2, -0.15) is 0 Å². The number of rotatable bonds is 8. The average molecular weight is 431 g/mol. The predicted molar refractivity (Wildman–Crippen MR) is 108 cm³/mol. The molecular formula is C24H20F2NNaO3. The van der Waals surface area contributed by atoms with Crippen molar-refractivity contribution in [3.8, 4) is 5.75 Å². The van der Waals surface area contributed by atoms with Gasteiger partial charge in [0.25, 0.3) is 0 Å². The van der Waals surface area contributed by atoms with Gasteiger partial charge in [-0.3, -0.25) is 0 Å². The summed E-state index contributed by atoms with van der Waals surface area (Å²) in [5.41, 5.74) is 8.24. The van der Waals surface area contributed by atoms with Crippen molar-refractivity contribution in [2.24, 2.45) is 5.73 Å². The minimum absolute atomic E-state index is 0. The molecule has 0 aliphatic heterocycles. The zero-order valence-electron chi connectivity index (χ0n) is 17.1. The van der Waals surface area contributed by atoms with Crippen molar-refractivity contribution in [1.82, 2.24) is 0 Å². The smallest absolute Gasteiger partial charge is 0.548 e. The number of hydrogen-bond donors (Lipinski definition) is 1. The first-order valence-corrected chi connectivity index (χ1v) is 9.33. The van der Waals surface area contributed by atoms with E-state index in [2.05, 4.69) is 0 Å². The SMILES string of the molecule is NC(CC=C(c1ccccc1)c1ccccc1OCc1cc(F)cc(F)c1)C(=O)[O-].[Na+]. The molecule has 0 aliphatic carbocycles. The summed E-state index contributed by atoms with van der Waals surface area (Å²) in [6, 6.07) is 18.6. The summed E-state index contributed by atoms with van der Waals surface area (Å²) < 4.78 is 32.8. The molecule has 0 aromatic heterocycles. The molecule has 0 amide bonds. The number of hydrogen-bond acceptors (Lipinski definition) is 4. The number of ether oxygens (including phenoxy) is 1. The third-order valence-electron chi connectivity index (χ3n) is 4.46. The van der Waals surface area contributed by atoms with Crippen molar-refractivity contribution < 1.29 is 53.0 Å². The van der Waals surface area contributed by atoms with Crippen molar-refractivity contribution in [2.75, 3.05) is 0 Å². The molecule has 0 saturated carbocycles. The van der Waals surface area contributed by atoms with Gasteiger partial charge in [0.15, 0.2) is 0 Å². The number of benzene rings is 3. The summed E-state index contributed by atoms with van der Waals surface area (Å²) in [4.78, 5) is 11.0. The molecule has 2 N–H and O–H groups in total. The van der Waals surface area contributed by atoms with E-state index >= 15 is 0 Å². The van der Waals surface area contributed by atoms with E-state index in [9.17, 15) is 18.7 Å². The van der Waals surface area contributed by atoms with E-state index in [1.807, 2.05) is 42.5 Å². The summed E-state index contributed by atoms with van der Waals surface area (Å²) in [6.07, 6.45) is 1.79. The van der Waals surface area contributed by atoms with Crippen LogP contribution in [0.5, 0.6) is 5.75 Å². The standard InChI is InChI=1S/C24H21F2NO3.Na/c25-18-12-16(13-19(26)14-18)15-30-23-9-5-4-8-21(23)20(10-11-22(27)24(28)29)17-6-2-1-3-7-17;/h1-10,12-14,22H,11,15,27H2,(H,28,29);/q;+1/p-1. The number of para-hydroxylation sites is 1. The Hall–Kier alpha value is -2.51. The molecule has 0 saturated heterocycles. The number of carboxylic acids is 1. The summed E-state index contributed by atoms with van der Waals surface area (Å²) in [5.74, 6) is -2.21. The van der Waals surface area contributed by atoms with Gasteiger partial charge >= 0.3 is 29.6 Å². The fourth-order valence-electron chi connectivity index (χ4n) is 3.01. The molecule has 0 heterocycles. The van der Waals surface area contributed by atoms with E-state index in [-0.39, 0.29) is 42.6 Å². The molecule has 0 fully saturated rings. The molecule has 7 heteroatoms. The zero-order chi connectivity index (χ0) is 21.5. The third kappa shape index (κ3) is 7.01. The maximum absolute atomic E-state index is 13.5. The maximum atomic E-state index is 13.5. The van der Waals surface area contributed by atoms with Crippen molar-refractivity contribution in [3.05, 3.63) is 107 Å². The molecule has 154 valence electrons. The van der Waals surface area contributed by atoms with Crippen molar-refractivity contribution >= 4 is 11.5 Å². The molecule has 31 heavy (non-hydrogen) atoms. The van der Waals surface area contributed by atoms with Gasteiger partial charge in [0.2, 0.25) is 0 Å². The molecule has 1 unspecified atom stereocenters. The van der Waals surface area contributed by atoms with Crippen molar-refractivity contribution in [2.45, 2.75) is 19.1 Å². The molecule has 0 bridgehead atoms. The first-order chi connectivity index (χ1) is 14.4. The van der Waals surface area contributed by atoms with Crippen LogP contribution in [0.3, 0.4) is 0 Å². The Bertz CT molecular complexity index is 1040. The number of carbonyl (C=O) groups excluding carboxylic acids is 1. The molecule has 3 rings (SSSR count). The second kappa shape index (κ2) is 11.8. The van der Waals surface area contributed by atoms with E-state index in [4.69, 9.17) is 10.5 Å². The van der Waals surface area contributed by atoms with E-state index in [1.54, 1.807) is 18.2 Å². The molecule has 3 aromatic carbocycles. The Balaban J connectivity index is 0.00000341. The Morgan fingerprint density at radius 2 is 1.61 bits per heavy atom. The van der Waals surface area contributed by atoms with E-state index < -0.39 is 23.6 Å². The monoisotopic (exact) mass is 431 g/mol. The van der Waals surface area contributed by atoms with Crippen LogP contribution in [0.1, 0.15) is 23.1 Å². The minimum Gasteiger partial charge on any atom is -0.548 e. The van der Waals surface area contributed by atoms with Crippen LogP contribution in [0.15, 0.2) is 78.9 Å². The average Bonchev–Trinajstić information content (AvgIpc) is 2.73. The summed E-state index contributed by atoms with van der Waals surface area (Å²) in [5, 5.41) is 11.0. The molecular weight excluding hydrogens is 411 g/mol. The van der Waals surface area contributed by atoms with E-state index in [0.717, 1.165) is 17.2 Å². The summed E-state index contributed by atoms with van der Waals surface area (Å²) in [7, 11) is 0. The molecule has 0 radical (unpaired) electrons. The van der Waals surface area contributed by atoms with Crippen LogP contribution >= 0.6 is 0 Å². The van der Waals surface area contributed by atoms with Gasteiger partial charge in [-0.15, -0.1) is 0 Å². The van der Waals surface area contributed by atoms with Crippen LogP contribution in [-0.2, 0) is 11.4 Å². The minimum atomic E-state index is -1.34. The van der Waals surface area contributed by atoms with Gasteiger partial charge in [-0.05, 0) is 41.3 Å². The molecule has 1 atom stereocenters.